The summed E-state index contributed by atoms with van der Waals surface area (Å²) in [5.41, 5.74) is 4.08. The Morgan fingerprint density at radius 3 is 2.54 bits per heavy atom. The van der Waals surface area contributed by atoms with Crippen molar-refractivity contribution in [1.82, 2.24) is 10.2 Å². The molecule has 0 bridgehead atoms. The molecule has 2 aromatic rings. The molecule has 2 aromatic carbocycles. The fourth-order valence-electron chi connectivity index (χ4n) is 5.17. The molecule has 11 heteroatoms. The number of aryl methyl sites for hydroxylation is 2. The average molecular weight is 608 g/mol. The van der Waals surface area contributed by atoms with Gasteiger partial charge in [-0.25, -0.2) is 4.79 Å². The van der Waals surface area contributed by atoms with Crippen LogP contribution in [-0.4, -0.2) is 56.0 Å². The summed E-state index contributed by atoms with van der Waals surface area (Å²) >= 11 is 18.5. The Labute approximate surface area is 245 Å². The summed E-state index contributed by atoms with van der Waals surface area (Å²) in [6.07, 6.45) is 2.94. The van der Waals surface area contributed by atoms with Crippen LogP contribution in [0.5, 0.6) is 0 Å². The third kappa shape index (κ3) is 5.71. The van der Waals surface area contributed by atoms with Crippen LogP contribution in [0, 0.1) is 0 Å². The molecule has 39 heavy (non-hydrogen) atoms. The van der Waals surface area contributed by atoms with E-state index < -0.39 is 45.5 Å². The largest absolute Gasteiger partial charge is 0.456 e. The second-order valence-corrected chi connectivity index (χ2v) is 13.4. The summed E-state index contributed by atoms with van der Waals surface area (Å²) in [6, 6.07) is 13.5. The Morgan fingerprint density at radius 1 is 1.10 bits per heavy atom. The third-order valence-corrected chi connectivity index (χ3v) is 8.81. The number of esters is 1. The molecule has 0 aromatic heterocycles. The molecule has 3 aliphatic rings. The molecule has 3 atom stereocenters. The van der Waals surface area contributed by atoms with E-state index in [9.17, 15) is 19.2 Å². The Balaban J connectivity index is 1.35. The number of carbonyl (C=O) groups is 4. The molecule has 1 N–H and O–H groups in total. The maximum absolute atomic E-state index is 13.7. The lowest BCUT2D eigenvalue weighted by atomic mass is 9.88. The van der Waals surface area contributed by atoms with Crippen molar-refractivity contribution in [2.75, 3.05) is 12.4 Å². The van der Waals surface area contributed by atoms with Gasteiger partial charge in [0.05, 0.1) is 0 Å². The molecule has 2 aliphatic heterocycles. The molecule has 0 radical (unpaired) electrons. The molecule has 0 spiro atoms. The smallest absolute Gasteiger partial charge is 0.355 e. The summed E-state index contributed by atoms with van der Waals surface area (Å²) in [7, 11) is 0. The van der Waals surface area contributed by atoms with E-state index in [1.807, 2.05) is 18.2 Å². The zero-order valence-corrected chi connectivity index (χ0v) is 24.0. The number of hydrogen-bond acceptors (Lipinski definition) is 6. The first kappa shape index (κ1) is 28.0. The van der Waals surface area contributed by atoms with Crippen molar-refractivity contribution in [2.24, 2.45) is 0 Å². The fraction of sp³-hybridized carbons (Fsp3) is 0.357. The maximum atomic E-state index is 13.7. The SMILES string of the molecule is CC1=C(C(=O)OCC(Cl)(Cl)Cl)N2C(=O)C(NC(=O)C(C(=O)c3ccc4c(c3)CCC4)c3ccccc3)[C@H]2SC1. The molecule has 2 amide bonds. The van der Waals surface area contributed by atoms with Gasteiger partial charge in [0, 0.05) is 11.3 Å². The number of nitrogens with zero attached hydrogens (tertiary/aromatic N) is 1. The van der Waals surface area contributed by atoms with E-state index >= 15 is 0 Å². The molecule has 0 saturated carbocycles. The predicted octanol–water partition coefficient (Wildman–Crippen LogP) is 4.73. The van der Waals surface area contributed by atoms with Crippen molar-refractivity contribution in [3.8, 4) is 0 Å². The number of Topliss-reactive ketones (excluding diaryl/α,β-unsaturated/α-hetero) is 1. The molecule has 204 valence electrons. The van der Waals surface area contributed by atoms with E-state index in [2.05, 4.69) is 5.32 Å². The van der Waals surface area contributed by atoms with Gasteiger partial charge in [0.25, 0.3) is 5.91 Å². The number of benzene rings is 2. The highest BCUT2D eigenvalue weighted by molar-refractivity contribution is 8.00. The zero-order chi connectivity index (χ0) is 27.9. The number of ketones is 1. The molecule has 1 fully saturated rings. The van der Waals surface area contributed by atoms with Gasteiger partial charge in [-0.15, -0.1) is 11.8 Å². The van der Waals surface area contributed by atoms with Crippen LogP contribution >= 0.6 is 46.6 Å². The fourth-order valence-corrected chi connectivity index (χ4v) is 6.63. The minimum atomic E-state index is -1.79. The van der Waals surface area contributed by atoms with Gasteiger partial charge in [0.2, 0.25) is 9.70 Å². The van der Waals surface area contributed by atoms with Gasteiger partial charge in [-0.2, -0.15) is 0 Å². The second-order valence-electron chi connectivity index (χ2n) is 9.76. The van der Waals surface area contributed by atoms with Gasteiger partial charge in [0.1, 0.15) is 29.6 Å². The van der Waals surface area contributed by atoms with E-state index in [1.54, 1.807) is 37.3 Å². The number of hydrogen-bond donors (Lipinski definition) is 1. The number of alkyl halides is 3. The molecule has 2 heterocycles. The first-order valence-corrected chi connectivity index (χ1v) is 14.6. The van der Waals surface area contributed by atoms with Crippen LogP contribution in [-0.2, 0) is 32.0 Å². The number of β-lactam (4-membered cyclic amide) rings is 1. The maximum Gasteiger partial charge on any atom is 0.355 e. The Kier molecular flexibility index (Phi) is 8.02. The van der Waals surface area contributed by atoms with Gasteiger partial charge in [-0.1, -0.05) is 77.3 Å². The molecular formula is C28H25Cl3N2O5S. The van der Waals surface area contributed by atoms with Crippen LogP contribution in [0.1, 0.15) is 46.3 Å². The summed E-state index contributed by atoms with van der Waals surface area (Å²) in [4.78, 5) is 54.6. The molecule has 2 unspecified atom stereocenters. The first-order chi connectivity index (χ1) is 18.5. The van der Waals surface area contributed by atoms with Crippen molar-refractivity contribution in [1.29, 1.82) is 0 Å². The van der Waals surface area contributed by atoms with Gasteiger partial charge in [0.15, 0.2) is 5.78 Å². The number of amides is 2. The number of thioether (sulfide) groups is 1. The monoisotopic (exact) mass is 606 g/mol. The van der Waals surface area contributed by atoms with Crippen LogP contribution in [0.25, 0.3) is 0 Å². The van der Waals surface area contributed by atoms with Crippen molar-refractivity contribution in [2.45, 2.75) is 47.3 Å². The summed E-state index contributed by atoms with van der Waals surface area (Å²) in [6.45, 7) is 1.24. The van der Waals surface area contributed by atoms with Gasteiger partial charge in [-0.05, 0) is 54.5 Å². The van der Waals surface area contributed by atoms with Crippen LogP contribution in [0.2, 0.25) is 0 Å². The van der Waals surface area contributed by atoms with E-state index in [0.717, 1.165) is 24.8 Å². The highest BCUT2D eigenvalue weighted by Crippen LogP contribution is 2.41. The average Bonchev–Trinajstić information content (AvgIpc) is 3.38. The summed E-state index contributed by atoms with van der Waals surface area (Å²) < 4.78 is 3.32. The zero-order valence-electron chi connectivity index (χ0n) is 20.9. The van der Waals surface area contributed by atoms with E-state index in [-0.39, 0.29) is 11.5 Å². The number of carbonyl (C=O) groups excluding carboxylic acids is 4. The predicted molar refractivity (Wildman–Crippen MR) is 151 cm³/mol. The molecule has 1 aliphatic carbocycles. The topological polar surface area (TPSA) is 92.8 Å². The first-order valence-electron chi connectivity index (χ1n) is 12.4. The van der Waals surface area contributed by atoms with Crippen molar-refractivity contribution in [3.05, 3.63) is 82.1 Å². The lowest BCUT2D eigenvalue weighted by Crippen LogP contribution is -2.71. The van der Waals surface area contributed by atoms with Gasteiger partial charge >= 0.3 is 5.97 Å². The second kappa shape index (κ2) is 11.2. The van der Waals surface area contributed by atoms with E-state index in [1.165, 1.54) is 22.2 Å². The Bertz CT molecular complexity index is 1370. The normalized spacial score (nSPS) is 21.0. The minimum Gasteiger partial charge on any atom is -0.456 e. The number of rotatable bonds is 7. The van der Waals surface area contributed by atoms with Crippen LogP contribution in [0.3, 0.4) is 0 Å². The molecule has 1 saturated heterocycles. The van der Waals surface area contributed by atoms with Gasteiger partial charge in [-0.3, -0.25) is 19.3 Å². The standard InChI is InChI=1S/C28H25Cl3N2O5S/c1-15-13-39-26-21(25(36)33(26)22(15)27(37)38-14-28(29,30)31)32-24(35)20(17-6-3-2-4-7-17)23(34)19-11-10-16-8-5-9-18(16)12-19/h2-4,6-7,10-12,20-21,26H,5,8-9,13-14H2,1H3,(H,32,35)/t20?,21?,26-/m1/s1. The Hall–Kier alpha value is -2.52. The van der Waals surface area contributed by atoms with Crippen LogP contribution < -0.4 is 5.32 Å². The minimum absolute atomic E-state index is 0.0809. The van der Waals surface area contributed by atoms with E-state index in [4.69, 9.17) is 39.5 Å². The summed E-state index contributed by atoms with van der Waals surface area (Å²) in [5.74, 6) is -2.85. The molecule has 7 nitrogen and oxygen atoms in total. The Morgan fingerprint density at radius 2 is 1.82 bits per heavy atom. The van der Waals surface area contributed by atoms with E-state index in [0.29, 0.717) is 22.5 Å². The van der Waals surface area contributed by atoms with Crippen molar-refractivity contribution < 1.29 is 23.9 Å². The van der Waals surface area contributed by atoms with Crippen LogP contribution in [0.4, 0.5) is 0 Å². The van der Waals surface area contributed by atoms with Gasteiger partial charge < -0.3 is 10.1 Å². The highest BCUT2D eigenvalue weighted by atomic mass is 35.6. The summed E-state index contributed by atoms with van der Waals surface area (Å²) in [5, 5.41) is 2.25. The van der Waals surface area contributed by atoms with Crippen molar-refractivity contribution >= 4 is 70.1 Å². The lowest BCUT2D eigenvalue weighted by molar-refractivity contribution is -0.152. The highest BCUT2D eigenvalue weighted by Gasteiger charge is 2.54. The quantitative estimate of drug-likeness (QED) is 0.161. The third-order valence-electron chi connectivity index (χ3n) is 7.06. The lowest BCUT2D eigenvalue weighted by Gasteiger charge is -2.49. The molecule has 5 rings (SSSR count). The number of nitrogens with one attached hydrogen (secondary N) is 1. The number of halogens is 3. The molecular weight excluding hydrogens is 583 g/mol. The van der Waals surface area contributed by atoms with Crippen molar-refractivity contribution in [3.63, 3.8) is 0 Å². The number of ether oxygens (including phenoxy) is 1. The van der Waals surface area contributed by atoms with Crippen LogP contribution in [0.15, 0.2) is 59.8 Å². The number of fused-ring (bicyclic) bond motifs is 2.